The van der Waals surface area contributed by atoms with Crippen molar-refractivity contribution in [1.29, 1.82) is 0 Å². The summed E-state index contributed by atoms with van der Waals surface area (Å²) in [5, 5.41) is 11.7. The van der Waals surface area contributed by atoms with E-state index in [1.165, 1.54) is 0 Å². The van der Waals surface area contributed by atoms with E-state index in [9.17, 15) is 31.1 Å². The van der Waals surface area contributed by atoms with Crippen molar-refractivity contribution in [2.75, 3.05) is 0 Å². The molecule has 0 aliphatic heterocycles. The van der Waals surface area contributed by atoms with Crippen molar-refractivity contribution in [3.63, 3.8) is 0 Å². The molecule has 0 radical (unpaired) electrons. The van der Waals surface area contributed by atoms with E-state index in [4.69, 9.17) is 10.8 Å². The fourth-order valence-corrected chi connectivity index (χ4v) is 1.60. The number of nitrogens with two attached hydrogens (primary N) is 1. The Morgan fingerprint density at radius 3 is 2.04 bits per heavy atom. The van der Waals surface area contributed by atoms with E-state index in [1.807, 2.05) is 0 Å². The summed E-state index contributed by atoms with van der Waals surface area (Å²) in [6.45, 7) is 0. The number of aliphatic carboxylic acids is 1. The molecule has 0 aliphatic carbocycles. The molecule has 0 spiro atoms. The lowest BCUT2D eigenvalue weighted by atomic mass is 10.0. The maximum absolute atomic E-state index is 12.7. The molecule has 1 aromatic rings. The molecule has 0 amide bonds. The third-order valence-corrected chi connectivity index (χ3v) is 2.54. The van der Waals surface area contributed by atoms with E-state index in [-0.39, 0.29) is 17.5 Å². The number of alkyl halides is 6. The monoisotopic (exact) mass is 355 g/mol. The van der Waals surface area contributed by atoms with Crippen LogP contribution in [-0.2, 0) is 23.6 Å². The van der Waals surface area contributed by atoms with Gasteiger partial charge in [-0.3, -0.25) is 5.43 Å². The first kappa shape index (κ1) is 19.3. The van der Waals surface area contributed by atoms with E-state index in [0.717, 1.165) is 6.20 Å². The van der Waals surface area contributed by atoms with Gasteiger partial charge in [-0.25, -0.2) is 4.79 Å². The number of carbonyl (C=O) groups is 1. The fraction of sp³-hybridized carbons (Fsp3) is 0.231. The summed E-state index contributed by atoms with van der Waals surface area (Å²) in [4.78, 5) is 10.2. The molecule has 0 aromatic heterocycles. The second kappa shape index (κ2) is 7.23. The van der Waals surface area contributed by atoms with Crippen molar-refractivity contribution < 1.29 is 36.2 Å². The summed E-state index contributed by atoms with van der Waals surface area (Å²) in [5.41, 5.74) is 4.20. The summed E-state index contributed by atoms with van der Waals surface area (Å²) in [5.74, 6) is -1.62. The van der Waals surface area contributed by atoms with E-state index < -0.39 is 35.9 Å². The number of carboxylic acid groups (broad SMARTS) is 1. The molecule has 5 nitrogen and oxygen atoms in total. The number of nitrogens with zero attached hydrogens (tertiary/aromatic N) is 1. The predicted molar refractivity (Wildman–Crippen MR) is 71.7 cm³/mol. The zero-order valence-corrected chi connectivity index (χ0v) is 11.7. The fourth-order valence-electron chi connectivity index (χ4n) is 1.60. The summed E-state index contributed by atoms with van der Waals surface area (Å²) >= 11 is 0. The molecule has 0 saturated heterocycles. The van der Waals surface area contributed by atoms with Gasteiger partial charge in [0, 0.05) is 18.7 Å². The van der Waals surface area contributed by atoms with E-state index in [2.05, 4.69) is 10.5 Å². The van der Waals surface area contributed by atoms with Crippen LogP contribution >= 0.6 is 0 Å². The van der Waals surface area contributed by atoms with Crippen LogP contribution in [0.1, 0.15) is 16.7 Å². The van der Waals surface area contributed by atoms with Crippen LogP contribution in [0.5, 0.6) is 0 Å². The molecule has 4 N–H and O–H groups in total. The average molecular weight is 355 g/mol. The molecule has 0 aliphatic rings. The van der Waals surface area contributed by atoms with E-state index in [1.54, 1.807) is 0 Å². The van der Waals surface area contributed by atoms with Crippen LogP contribution in [0.4, 0.5) is 26.3 Å². The maximum atomic E-state index is 12.7. The molecule has 132 valence electrons. The van der Waals surface area contributed by atoms with Crippen molar-refractivity contribution in [1.82, 2.24) is 5.43 Å². The van der Waals surface area contributed by atoms with Gasteiger partial charge in [0.25, 0.3) is 0 Å². The van der Waals surface area contributed by atoms with E-state index >= 15 is 0 Å². The average Bonchev–Trinajstić information content (AvgIpc) is 2.41. The largest absolute Gasteiger partial charge is 0.478 e. The molecule has 24 heavy (non-hydrogen) atoms. The smallest absolute Gasteiger partial charge is 0.416 e. The molecule has 0 bridgehead atoms. The zero-order chi connectivity index (χ0) is 18.5. The van der Waals surface area contributed by atoms with Crippen LogP contribution < -0.4 is 11.2 Å². The van der Waals surface area contributed by atoms with Crippen LogP contribution in [-0.4, -0.2) is 16.9 Å². The Morgan fingerprint density at radius 2 is 1.62 bits per heavy atom. The maximum Gasteiger partial charge on any atom is 0.416 e. The Kier molecular flexibility index (Phi) is 5.83. The van der Waals surface area contributed by atoms with Crippen LogP contribution in [0.15, 0.2) is 35.6 Å². The minimum absolute atomic E-state index is 0.00464. The van der Waals surface area contributed by atoms with Crippen molar-refractivity contribution in [3.8, 4) is 0 Å². The number of rotatable bonds is 5. The Morgan fingerprint density at radius 1 is 1.12 bits per heavy atom. The zero-order valence-electron chi connectivity index (χ0n) is 11.7. The van der Waals surface area contributed by atoms with Gasteiger partial charge in [-0.1, -0.05) is 0 Å². The molecular weight excluding hydrogens is 344 g/mol. The van der Waals surface area contributed by atoms with Gasteiger partial charge in [0.2, 0.25) is 0 Å². The number of amidine groups is 1. The van der Waals surface area contributed by atoms with E-state index in [0.29, 0.717) is 18.2 Å². The Bertz CT molecular complexity index is 632. The van der Waals surface area contributed by atoms with Gasteiger partial charge in [-0.05, 0) is 23.8 Å². The van der Waals surface area contributed by atoms with Crippen LogP contribution in [0.3, 0.4) is 0 Å². The van der Waals surface area contributed by atoms with Crippen molar-refractivity contribution in [3.05, 3.63) is 47.2 Å². The number of hydrogen-bond acceptors (Lipinski definition) is 3. The van der Waals surface area contributed by atoms with Gasteiger partial charge in [0.15, 0.2) is 0 Å². The van der Waals surface area contributed by atoms with Crippen molar-refractivity contribution in [2.45, 2.75) is 18.8 Å². The molecule has 0 saturated carbocycles. The summed E-state index contributed by atoms with van der Waals surface area (Å²) < 4.78 is 76.2. The molecule has 1 rings (SSSR count). The first-order valence-electron chi connectivity index (χ1n) is 6.15. The van der Waals surface area contributed by atoms with Gasteiger partial charge in [-0.15, -0.1) is 0 Å². The standard InChI is InChI=1S/C13H11F6N3O2/c14-12(15,16)8-3-7(4-9(6-8)13(17,18)19)5-10(20)22-21-2-1-11(23)24/h1-4,6,21H,5H2,(H2,20,22)(H,23,24)/b2-1-. The lowest BCUT2D eigenvalue weighted by Crippen LogP contribution is -2.19. The number of benzene rings is 1. The number of halogens is 6. The van der Waals surface area contributed by atoms with Gasteiger partial charge in [0.1, 0.15) is 5.84 Å². The lowest BCUT2D eigenvalue weighted by Gasteiger charge is -2.14. The van der Waals surface area contributed by atoms with Crippen molar-refractivity contribution >= 4 is 11.8 Å². The summed E-state index contributed by atoms with van der Waals surface area (Å²) in [6, 6.07) is 1.07. The lowest BCUT2D eigenvalue weighted by molar-refractivity contribution is -0.143. The van der Waals surface area contributed by atoms with Gasteiger partial charge in [-0.2, -0.15) is 31.4 Å². The topological polar surface area (TPSA) is 87.7 Å². The predicted octanol–water partition coefficient (Wildman–Crippen LogP) is 2.73. The summed E-state index contributed by atoms with van der Waals surface area (Å²) in [6.07, 6.45) is -8.86. The minimum Gasteiger partial charge on any atom is -0.478 e. The Balaban J connectivity index is 3.06. The highest BCUT2D eigenvalue weighted by Gasteiger charge is 2.36. The highest BCUT2D eigenvalue weighted by atomic mass is 19.4. The number of hydrazone groups is 1. The highest BCUT2D eigenvalue weighted by molar-refractivity contribution is 5.83. The molecule has 0 unspecified atom stereocenters. The SMILES string of the molecule is N/C(Cc1cc(C(F)(F)F)cc(C(F)(F)F)c1)=N\N/C=C\C(=O)O. The number of nitrogens with one attached hydrogen (secondary N) is 1. The third-order valence-electron chi connectivity index (χ3n) is 2.54. The quantitative estimate of drug-likeness (QED) is 0.249. The third kappa shape index (κ3) is 6.18. The first-order chi connectivity index (χ1) is 10.9. The second-order valence-electron chi connectivity index (χ2n) is 4.49. The molecule has 0 fully saturated rings. The summed E-state index contributed by atoms with van der Waals surface area (Å²) in [7, 11) is 0. The van der Waals surface area contributed by atoms with Gasteiger partial charge in [0.05, 0.1) is 11.1 Å². The van der Waals surface area contributed by atoms with Crippen molar-refractivity contribution in [2.24, 2.45) is 10.8 Å². The number of carboxylic acids is 1. The molecule has 0 heterocycles. The molecular formula is C13H11F6N3O2. The Hall–Kier alpha value is -2.72. The Labute approximate surface area is 131 Å². The molecule has 11 heteroatoms. The van der Waals surface area contributed by atoms with Crippen LogP contribution in [0.2, 0.25) is 0 Å². The van der Waals surface area contributed by atoms with Gasteiger partial charge >= 0.3 is 18.3 Å². The highest BCUT2D eigenvalue weighted by Crippen LogP contribution is 2.36. The molecule has 1 aromatic carbocycles. The molecule has 0 atom stereocenters. The number of hydrogen-bond donors (Lipinski definition) is 3. The van der Waals surface area contributed by atoms with Gasteiger partial charge < -0.3 is 10.8 Å². The minimum atomic E-state index is -4.95. The normalized spacial score (nSPS) is 13.3. The van der Waals surface area contributed by atoms with Crippen LogP contribution in [0, 0.1) is 0 Å². The van der Waals surface area contributed by atoms with Crippen LogP contribution in [0.25, 0.3) is 0 Å². The second-order valence-corrected chi connectivity index (χ2v) is 4.49. The first-order valence-corrected chi connectivity index (χ1v) is 6.15.